The van der Waals surface area contributed by atoms with Crippen LogP contribution < -0.4 is 31.2 Å². The lowest BCUT2D eigenvalue weighted by molar-refractivity contribution is -0.140. The first kappa shape index (κ1) is 53.7. The number of aryl methyl sites for hydroxylation is 4. The zero-order valence-electron chi connectivity index (χ0n) is 43.0. The van der Waals surface area contributed by atoms with Crippen molar-refractivity contribution in [3.8, 4) is 11.5 Å². The van der Waals surface area contributed by atoms with E-state index >= 15 is 0 Å². The fourth-order valence-electron chi connectivity index (χ4n) is 7.93. The number of anilines is 3. The lowest BCUT2D eigenvalue weighted by Gasteiger charge is -2.19. The van der Waals surface area contributed by atoms with Crippen molar-refractivity contribution in [2.75, 3.05) is 36.3 Å². The van der Waals surface area contributed by atoms with Crippen molar-refractivity contribution in [2.45, 2.75) is 99.6 Å². The highest BCUT2D eigenvalue weighted by molar-refractivity contribution is 6.05. The molecule has 7 rings (SSSR count). The molecule has 24 nitrogen and oxygen atoms in total. The molecule has 0 spiro atoms. The molecule has 0 atom stereocenters. The van der Waals surface area contributed by atoms with Crippen molar-refractivity contribution >= 4 is 75.7 Å². The molecule has 5 aromatic heterocycles. The zero-order valence-corrected chi connectivity index (χ0v) is 43.0. The van der Waals surface area contributed by atoms with Crippen LogP contribution in [0.1, 0.15) is 101 Å². The molecule has 24 heteroatoms. The van der Waals surface area contributed by atoms with Crippen LogP contribution in [0.2, 0.25) is 0 Å². The summed E-state index contributed by atoms with van der Waals surface area (Å²) in [5.41, 5.74) is 9.40. The summed E-state index contributed by atoms with van der Waals surface area (Å²) in [5.74, 6) is -1.32. The van der Waals surface area contributed by atoms with E-state index in [1.807, 2.05) is 26.0 Å². The van der Waals surface area contributed by atoms with Crippen molar-refractivity contribution in [1.82, 2.24) is 48.4 Å². The predicted molar refractivity (Wildman–Crippen MR) is 277 cm³/mol. The van der Waals surface area contributed by atoms with Gasteiger partial charge in [-0.2, -0.15) is 15.3 Å². The SMILES string of the molecule is CCn1nc(C)cc1C(=O)Nc1nc2cc(C(N)=O)cc(OC/C=C/Cn3cc(NC(=O)OC(C)(C)C)cn3)c2n1C/C=C/Cn1c(NC(=O)c2cc(C)nn2CC)nc2cc(C=O)cc(OCCCC(=O)OC)c21. The van der Waals surface area contributed by atoms with E-state index < -0.39 is 35.4 Å². The Morgan fingerprint density at radius 3 is 1.85 bits per heavy atom. The summed E-state index contributed by atoms with van der Waals surface area (Å²) in [5, 5.41) is 21.7. The topological polar surface area (TPSA) is 291 Å². The Morgan fingerprint density at radius 2 is 1.31 bits per heavy atom. The fourth-order valence-corrected chi connectivity index (χ4v) is 7.93. The summed E-state index contributed by atoms with van der Waals surface area (Å²) in [6.07, 6.45) is 10.8. The number of aromatic nitrogens is 10. The van der Waals surface area contributed by atoms with Crippen LogP contribution in [0, 0.1) is 13.8 Å². The number of hydrogen-bond donors (Lipinski definition) is 4. The van der Waals surface area contributed by atoms with Crippen LogP contribution in [-0.4, -0.2) is 110 Å². The second-order valence-corrected chi connectivity index (χ2v) is 18.0. The van der Waals surface area contributed by atoms with Crippen LogP contribution in [0.15, 0.2) is 73.1 Å². The van der Waals surface area contributed by atoms with Gasteiger partial charge in [0.25, 0.3) is 11.8 Å². The average molecular weight is 1030 g/mol. The van der Waals surface area contributed by atoms with E-state index in [2.05, 4.69) is 31.2 Å². The third-order valence-electron chi connectivity index (χ3n) is 11.2. The highest BCUT2D eigenvalue weighted by Gasteiger charge is 2.24. The standard InChI is InChI=1S/C51H60N14O10/c1-9-64-38(22-31(3)59-64)46(69)57-48-55-36-24-33(30-66)25-40(74-21-15-16-42(67)72-8)43(36)62(48)18-11-12-19-63-44-37(56-49(63)58-47(70)39-23-32(4)60-65(39)10-2)26-34(45(52)68)27-41(44)73-20-14-13-17-61-29-35(28-53-61)54-50(71)75-51(5,6)7/h11-14,22-30H,9-10,15-21H2,1-8H3,(H2,52,68)(H,54,71)(H,55,57,69)(H,56,58,70)/b12-11+,14-13+. The molecule has 0 bridgehead atoms. The number of methoxy groups -OCH3 is 1. The number of ether oxygens (including phenoxy) is 4. The van der Waals surface area contributed by atoms with Gasteiger partial charge in [0, 0.05) is 49.9 Å². The maximum atomic E-state index is 14.0. The number of hydrogen-bond acceptors (Lipinski definition) is 15. The average Bonchev–Trinajstić information content (AvgIpc) is 4.20. The molecule has 75 heavy (non-hydrogen) atoms. The normalized spacial score (nSPS) is 11.7. The van der Waals surface area contributed by atoms with Gasteiger partial charge >= 0.3 is 12.1 Å². The maximum Gasteiger partial charge on any atom is 0.412 e. The Bertz CT molecular complexity index is 3330. The second kappa shape index (κ2) is 23.6. The van der Waals surface area contributed by atoms with Crippen LogP contribution in [0.25, 0.3) is 22.1 Å². The fraction of sp³-hybridized carbons (Fsp3) is 0.353. The summed E-state index contributed by atoms with van der Waals surface area (Å²) < 4.78 is 30.8. The number of nitrogens with two attached hydrogens (primary N) is 1. The van der Waals surface area contributed by atoms with E-state index in [1.165, 1.54) is 25.4 Å². The van der Waals surface area contributed by atoms with Gasteiger partial charge in [-0.15, -0.1) is 0 Å². The van der Waals surface area contributed by atoms with Crippen molar-refractivity contribution in [3.63, 3.8) is 0 Å². The van der Waals surface area contributed by atoms with E-state index in [-0.39, 0.29) is 67.2 Å². The summed E-state index contributed by atoms with van der Waals surface area (Å²) >= 11 is 0. The number of nitrogens with zero attached hydrogens (tertiary/aromatic N) is 10. The van der Waals surface area contributed by atoms with Crippen LogP contribution in [0.3, 0.4) is 0 Å². The Morgan fingerprint density at radius 1 is 0.733 bits per heavy atom. The van der Waals surface area contributed by atoms with E-state index in [9.17, 15) is 28.8 Å². The molecule has 5 N–H and O–H groups in total. The van der Waals surface area contributed by atoms with Crippen LogP contribution >= 0.6 is 0 Å². The van der Waals surface area contributed by atoms with Gasteiger partial charge in [0.05, 0.1) is 54.6 Å². The number of esters is 1. The molecule has 7 aromatic rings. The molecule has 0 fully saturated rings. The predicted octanol–water partition coefficient (Wildman–Crippen LogP) is 6.62. The van der Waals surface area contributed by atoms with Gasteiger partial charge in [-0.3, -0.25) is 54.0 Å². The minimum atomic E-state index is -0.731. The number of aldehydes is 1. The van der Waals surface area contributed by atoms with Gasteiger partial charge in [0.15, 0.2) is 0 Å². The first-order valence-electron chi connectivity index (χ1n) is 24.1. The van der Waals surface area contributed by atoms with Crippen molar-refractivity contribution in [2.24, 2.45) is 5.73 Å². The van der Waals surface area contributed by atoms with Gasteiger partial charge in [0.1, 0.15) is 52.4 Å². The molecule has 5 heterocycles. The zero-order chi connectivity index (χ0) is 54.0. The second-order valence-electron chi connectivity index (χ2n) is 18.0. The molecule has 0 aliphatic carbocycles. The quantitative estimate of drug-likeness (QED) is 0.0227. The first-order valence-corrected chi connectivity index (χ1v) is 24.1. The smallest absolute Gasteiger partial charge is 0.412 e. The van der Waals surface area contributed by atoms with E-state index in [0.717, 1.165) is 0 Å². The van der Waals surface area contributed by atoms with E-state index in [0.29, 0.717) is 82.9 Å². The molecule has 0 unspecified atom stereocenters. The van der Waals surface area contributed by atoms with Crippen LogP contribution in [0.5, 0.6) is 11.5 Å². The number of imidazole rings is 2. The van der Waals surface area contributed by atoms with Gasteiger partial charge in [-0.1, -0.05) is 18.2 Å². The minimum absolute atomic E-state index is 0.0268. The monoisotopic (exact) mass is 1030 g/mol. The number of carbonyl (C=O) groups is 6. The number of carbonyl (C=O) groups excluding carboxylic acids is 6. The first-order chi connectivity index (χ1) is 35.9. The van der Waals surface area contributed by atoms with Crippen LogP contribution in [-0.2, 0) is 47.0 Å². The number of allylic oxidation sites excluding steroid dienone is 3. The highest BCUT2D eigenvalue weighted by atomic mass is 16.6. The highest BCUT2D eigenvalue weighted by Crippen LogP contribution is 2.33. The number of primary amides is 1. The van der Waals surface area contributed by atoms with Crippen molar-refractivity contribution in [3.05, 3.63) is 107 Å². The van der Waals surface area contributed by atoms with Crippen LogP contribution in [0.4, 0.5) is 22.4 Å². The summed E-state index contributed by atoms with van der Waals surface area (Å²) in [4.78, 5) is 86.4. The third-order valence-corrected chi connectivity index (χ3v) is 11.2. The number of amides is 4. The maximum absolute atomic E-state index is 14.0. The Labute approximate surface area is 430 Å². The molecular formula is C51H60N14O10. The Kier molecular flexibility index (Phi) is 16.9. The van der Waals surface area contributed by atoms with Gasteiger partial charge < -0.3 is 33.8 Å². The molecule has 0 saturated heterocycles. The summed E-state index contributed by atoms with van der Waals surface area (Å²) in [6, 6.07) is 9.48. The lowest BCUT2D eigenvalue weighted by Crippen LogP contribution is -2.27. The molecule has 4 amide bonds. The number of fused-ring (bicyclic) bond motifs is 2. The third kappa shape index (κ3) is 13.3. The lowest BCUT2D eigenvalue weighted by atomic mass is 10.1. The van der Waals surface area contributed by atoms with Crippen molar-refractivity contribution in [1.29, 1.82) is 0 Å². The molecule has 0 aliphatic rings. The van der Waals surface area contributed by atoms with E-state index in [1.54, 1.807) is 100 Å². The van der Waals surface area contributed by atoms with Gasteiger partial charge in [0.2, 0.25) is 17.8 Å². The summed E-state index contributed by atoms with van der Waals surface area (Å²) in [6.45, 7) is 14.1. The summed E-state index contributed by atoms with van der Waals surface area (Å²) in [7, 11) is 1.30. The molecule has 0 radical (unpaired) electrons. The number of nitrogens with one attached hydrogen (secondary N) is 3. The molecule has 0 saturated carbocycles. The van der Waals surface area contributed by atoms with Gasteiger partial charge in [-0.25, -0.2) is 14.8 Å². The number of benzene rings is 2. The Balaban J connectivity index is 1.22. The number of rotatable bonds is 23. The Hall–Kier alpha value is -9.09. The molecular weight excluding hydrogens is 969 g/mol. The van der Waals surface area contributed by atoms with Gasteiger partial charge in [-0.05, 0) is 97.4 Å². The van der Waals surface area contributed by atoms with Crippen molar-refractivity contribution < 1.29 is 47.7 Å². The molecule has 2 aromatic carbocycles. The van der Waals surface area contributed by atoms with E-state index in [4.69, 9.17) is 34.6 Å². The molecule has 394 valence electrons. The largest absolute Gasteiger partial charge is 0.491 e. The minimum Gasteiger partial charge on any atom is -0.491 e. The molecule has 0 aliphatic heterocycles.